The second-order valence-corrected chi connectivity index (χ2v) is 3.13. The van der Waals surface area contributed by atoms with Crippen LogP contribution >= 0.6 is 11.6 Å². The molecule has 0 N–H and O–H groups in total. The van der Waals surface area contributed by atoms with Gasteiger partial charge in [0.2, 0.25) is 0 Å². The van der Waals surface area contributed by atoms with Crippen LogP contribution in [0.2, 0.25) is 5.02 Å². The van der Waals surface area contributed by atoms with Crippen molar-refractivity contribution < 1.29 is 4.42 Å². The summed E-state index contributed by atoms with van der Waals surface area (Å²) in [4.78, 5) is 0. The Hall–Kier alpha value is -0.950. The molecule has 1 nitrogen and oxygen atoms in total. The number of benzene rings is 1. The summed E-state index contributed by atoms with van der Waals surface area (Å²) in [5, 5.41) is 1.77. The maximum absolute atomic E-state index is 5.97. The fourth-order valence-electron chi connectivity index (χ4n) is 1.36. The summed E-state index contributed by atoms with van der Waals surface area (Å²) in [6.45, 7) is 2.10. The normalized spacial score (nSPS) is 10.8. The Balaban J connectivity index is 2.82. The minimum atomic E-state index is 0.760. The van der Waals surface area contributed by atoms with Crippen molar-refractivity contribution in [2.45, 2.75) is 13.3 Å². The van der Waals surface area contributed by atoms with Gasteiger partial charge in [-0.05, 0) is 24.1 Å². The summed E-state index contributed by atoms with van der Waals surface area (Å²) in [5.74, 6) is 0. The van der Waals surface area contributed by atoms with Gasteiger partial charge in [0.05, 0.1) is 11.3 Å². The molecule has 0 bridgehead atoms. The fourth-order valence-corrected chi connectivity index (χ4v) is 1.58. The van der Waals surface area contributed by atoms with E-state index in [9.17, 15) is 0 Å². The molecule has 0 spiro atoms. The van der Waals surface area contributed by atoms with E-state index >= 15 is 0 Å². The molecule has 0 saturated carbocycles. The molecule has 2 heteroatoms. The lowest BCUT2D eigenvalue weighted by Crippen LogP contribution is -1.79. The largest absolute Gasteiger partial charge is 0.464 e. The SMILES string of the molecule is CCc1ccc(Cl)c2ccoc12. The lowest BCUT2D eigenvalue weighted by Gasteiger charge is -1.98. The van der Waals surface area contributed by atoms with Crippen LogP contribution in [-0.2, 0) is 6.42 Å². The highest BCUT2D eigenvalue weighted by molar-refractivity contribution is 6.35. The van der Waals surface area contributed by atoms with Crippen molar-refractivity contribution in [3.05, 3.63) is 35.0 Å². The molecular weight excluding hydrogens is 172 g/mol. The average molecular weight is 181 g/mol. The summed E-state index contributed by atoms with van der Waals surface area (Å²) in [6.07, 6.45) is 2.65. The summed E-state index contributed by atoms with van der Waals surface area (Å²) >= 11 is 5.97. The van der Waals surface area contributed by atoms with Crippen LogP contribution in [-0.4, -0.2) is 0 Å². The number of aryl methyl sites for hydroxylation is 1. The van der Waals surface area contributed by atoms with Crippen molar-refractivity contribution in [2.24, 2.45) is 0 Å². The van der Waals surface area contributed by atoms with Crippen LogP contribution in [0.25, 0.3) is 11.0 Å². The Morgan fingerprint density at radius 1 is 1.33 bits per heavy atom. The molecule has 0 radical (unpaired) electrons. The molecule has 1 aromatic heterocycles. The molecule has 0 aliphatic heterocycles. The Kier molecular flexibility index (Phi) is 1.81. The van der Waals surface area contributed by atoms with Crippen molar-refractivity contribution in [1.82, 2.24) is 0 Å². The molecule has 0 unspecified atom stereocenters. The molecule has 2 aromatic rings. The summed E-state index contributed by atoms with van der Waals surface area (Å²) < 4.78 is 5.34. The molecule has 1 aromatic carbocycles. The van der Waals surface area contributed by atoms with Gasteiger partial charge in [-0.3, -0.25) is 0 Å². The first-order chi connectivity index (χ1) is 5.83. The maximum Gasteiger partial charge on any atom is 0.138 e. The van der Waals surface area contributed by atoms with Crippen molar-refractivity contribution in [3.8, 4) is 0 Å². The summed E-state index contributed by atoms with van der Waals surface area (Å²) in [6, 6.07) is 5.82. The van der Waals surface area contributed by atoms with Gasteiger partial charge in [-0.1, -0.05) is 24.6 Å². The molecule has 0 aliphatic rings. The van der Waals surface area contributed by atoms with Gasteiger partial charge < -0.3 is 4.42 Å². The number of rotatable bonds is 1. The van der Waals surface area contributed by atoms with Crippen molar-refractivity contribution in [1.29, 1.82) is 0 Å². The molecular formula is C10H9ClO. The molecule has 1 heterocycles. The van der Waals surface area contributed by atoms with Crippen LogP contribution in [0.4, 0.5) is 0 Å². The van der Waals surface area contributed by atoms with Gasteiger partial charge in [0.25, 0.3) is 0 Å². The van der Waals surface area contributed by atoms with Crippen LogP contribution in [0.5, 0.6) is 0 Å². The highest BCUT2D eigenvalue weighted by Gasteiger charge is 2.05. The lowest BCUT2D eigenvalue weighted by molar-refractivity contribution is 0.611. The minimum absolute atomic E-state index is 0.760. The molecule has 2 rings (SSSR count). The summed E-state index contributed by atoms with van der Waals surface area (Å²) in [5.41, 5.74) is 2.13. The number of fused-ring (bicyclic) bond motifs is 1. The smallest absolute Gasteiger partial charge is 0.138 e. The van der Waals surface area contributed by atoms with E-state index < -0.39 is 0 Å². The van der Waals surface area contributed by atoms with Crippen LogP contribution < -0.4 is 0 Å². The van der Waals surface area contributed by atoms with Crippen molar-refractivity contribution in [3.63, 3.8) is 0 Å². The number of hydrogen-bond acceptors (Lipinski definition) is 1. The molecule has 62 valence electrons. The summed E-state index contributed by atoms with van der Waals surface area (Å²) in [7, 11) is 0. The highest BCUT2D eigenvalue weighted by Crippen LogP contribution is 2.27. The van der Waals surface area contributed by atoms with Gasteiger partial charge in [-0.25, -0.2) is 0 Å². The zero-order valence-corrected chi connectivity index (χ0v) is 7.56. The Morgan fingerprint density at radius 2 is 2.17 bits per heavy atom. The van der Waals surface area contributed by atoms with E-state index in [0.717, 1.165) is 22.4 Å². The van der Waals surface area contributed by atoms with E-state index in [1.807, 2.05) is 18.2 Å². The van der Waals surface area contributed by atoms with Gasteiger partial charge in [0, 0.05) is 5.39 Å². The van der Waals surface area contributed by atoms with Gasteiger partial charge >= 0.3 is 0 Å². The van der Waals surface area contributed by atoms with Gasteiger partial charge in [0.1, 0.15) is 5.58 Å². The zero-order chi connectivity index (χ0) is 8.55. The zero-order valence-electron chi connectivity index (χ0n) is 6.80. The van der Waals surface area contributed by atoms with Gasteiger partial charge in [-0.2, -0.15) is 0 Å². The number of halogens is 1. The Labute approximate surface area is 75.9 Å². The quantitative estimate of drug-likeness (QED) is 0.653. The monoisotopic (exact) mass is 180 g/mol. The fraction of sp³-hybridized carbons (Fsp3) is 0.200. The number of furan rings is 1. The third-order valence-corrected chi connectivity index (χ3v) is 2.36. The minimum Gasteiger partial charge on any atom is -0.464 e. The predicted octanol–water partition coefficient (Wildman–Crippen LogP) is 3.65. The lowest BCUT2D eigenvalue weighted by atomic mass is 10.1. The highest BCUT2D eigenvalue weighted by atomic mass is 35.5. The first-order valence-corrected chi connectivity index (χ1v) is 4.35. The van der Waals surface area contributed by atoms with Crippen LogP contribution in [0.1, 0.15) is 12.5 Å². The van der Waals surface area contributed by atoms with E-state index in [1.54, 1.807) is 6.26 Å². The topological polar surface area (TPSA) is 13.1 Å². The maximum atomic E-state index is 5.97. The van der Waals surface area contributed by atoms with E-state index in [1.165, 1.54) is 5.56 Å². The van der Waals surface area contributed by atoms with E-state index in [0.29, 0.717) is 0 Å². The molecule has 0 amide bonds. The Bertz CT molecular complexity index is 403. The molecule has 12 heavy (non-hydrogen) atoms. The standard InChI is InChI=1S/C10H9ClO/c1-2-7-3-4-9(11)8-5-6-12-10(7)8/h3-6H,2H2,1H3. The second kappa shape index (κ2) is 2.83. The van der Waals surface area contributed by atoms with E-state index in [2.05, 4.69) is 6.92 Å². The number of hydrogen-bond donors (Lipinski definition) is 0. The van der Waals surface area contributed by atoms with Crippen LogP contribution in [0, 0.1) is 0 Å². The van der Waals surface area contributed by atoms with Crippen molar-refractivity contribution in [2.75, 3.05) is 0 Å². The van der Waals surface area contributed by atoms with Crippen LogP contribution in [0.3, 0.4) is 0 Å². The third kappa shape index (κ3) is 1.01. The van der Waals surface area contributed by atoms with Gasteiger partial charge in [-0.15, -0.1) is 0 Å². The second-order valence-electron chi connectivity index (χ2n) is 2.72. The molecule has 0 fully saturated rings. The first-order valence-electron chi connectivity index (χ1n) is 3.97. The van der Waals surface area contributed by atoms with E-state index in [4.69, 9.17) is 16.0 Å². The van der Waals surface area contributed by atoms with Gasteiger partial charge in [0.15, 0.2) is 0 Å². The molecule has 0 atom stereocenters. The molecule has 0 aliphatic carbocycles. The predicted molar refractivity (Wildman–Crippen MR) is 50.6 cm³/mol. The first kappa shape index (κ1) is 7.69. The van der Waals surface area contributed by atoms with E-state index in [-0.39, 0.29) is 0 Å². The van der Waals surface area contributed by atoms with Crippen molar-refractivity contribution >= 4 is 22.6 Å². The average Bonchev–Trinajstić information content (AvgIpc) is 2.54. The molecule has 0 saturated heterocycles. The third-order valence-electron chi connectivity index (χ3n) is 2.03. The Morgan fingerprint density at radius 3 is 2.92 bits per heavy atom. The van der Waals surface area contributed by atoms with Crippen LogP contribution in [0.15, 0.2) is 28.9 Å².